The minimum Gasteiger partial charge on any atom is -0.376 e. The van der Waals surface area contributed by atoms with E-state index in [9.17, 15) is 0 Å². The molecular formula is C39H37BN2. The number of benzene rings is 5. The monoisotopic (exact) mass is 544 g/mol. The molecule has 3 aliphatic rings. The Bertz CT molecular complexity index is 1860. The molecule has 8 rings (SSSR count). The third kappa shape index (κ3) is 3.59. The van der Waals surface area contributed by atoms with Crippen LogP contribution in [0.2, 0.25) is 0 Å². The van der Waals surface area contributed by atoms with Crippen LogP contribution < -0.4 is 20.6 Å². The lowest BCUT2D eigenvalue weighted by molar-refractivity contribution is 0.332. The summed E-state index contributed by atoms with van der Waals surface area (Å²) in [7, 11) is 0. The van der Waals surface area contributed by atoms with Crippen molar-refractivity contribution in [3.05, 3.63) is 126 Å². The molecule has 0 amide bonds. The number of nitrogens with zero attached hydrogens (tertiary/aromatic N) is 2. The number of hydrogen-bond acceptors (Lipinski definition) is 2. The Balaban J connectivity index is 1.53. The molecule has 0 unspecified atom stereocenters. The molecule has 0 atom stereocenters. The number of para-hydroxylation sites is 3. The third-order valence-corrected chi connectivity index (χ3v) is 10.1. The SMILES string of the molecule is Cc1cc2c3c(c1)N(c1ccccc1)c1cc4c(cc1B3N(c1ccccc1)c1ccccc1-2)C(C)(C)CCC4(C)C. The molecule has 2 heterocycles. The van der Waals surface area contributed by atoms with Gasteiger partial charge in [-0.05, 0) is 106 Å². The van der Waals surface area contributed by atoms with E-state index in [2.05, 4.69) is 154 Å². The van der Waals surface area contributed by atoms with Crippen molar-refractivity contribution in [3.8, 4) is 11.1 Å². The molecule has 0 saturated heterocycles. The highest BCUT2D eigenvalue weighted by Crippen LogP contribution is 2.51. The van der Waals surface area contributed by atoms with Gasteiger partial charge in [0.25, 0.3) is 0 Å². The quantitative estimate of drug-likeness (QED) is 0.205. The Morgan fingerprint density at radius 1 is 0.571 bits per heavy atom. The Hall–Kier alpha value is -4.24. The molecule has 42 heavy (non-hydrogen) atoms. The maximum absolute atomic E-state index is 2.60. The van der Waals surface area contributed by atoms with E-state index < -0.39 is 0 Å². The summed E-state index contributed by atoms with van der Waals surface area (Å²) in [5, 5.41) is 0. The predicted molar refractivity (Wildman–Crippen MR) is 180 cm³/mol. The lowest BCUT2D eigenvalue weighted by Crippen LogP contribution is -2.62. The zero-order valence-corrected chi connectivity index (χ0v) is 25.3. The summed E-state index contributed by atoms with van der Waals surface area (Å²) in [6.45, 7) is 12.1. The van der Waals surface area contributed by atoms with Gasteiger partial charge in [-0.1, -0.05) is 94.4 Å². The molecule has 2 nitrogen and oxygen atoms in total. The number of hydrogen-bond donors (Lipinski definition) is 0. The number of anilines is 5. The first-order chi connectivity index (χ1) is 20.2. The van der Waals surface area contributed by atoms with Crippen LogP contribution in [-0.2, 0) is 10.8 Å². The highest BCUT2D eigenvalue weighted by Gasteiger charge is 2.47. The van der Waals surface area contributed by atoms with E-state index in [0.717, 1.165) is 0 Å². The van der Waals surface area contributed by atoms with E-state index in [-0.39, 0.29) is 17.7 Å². The second kappa shape index (κ2) is 8.88. The zero-order valence-electron chi connectivity index (χ0n) is 25.3. The Morgan fingerprint density at radius 2 is 1.17 bits per heavy atom. The van der Waals surface area contributed by atoms with Gasteiger partial charge in [-0.3, -0.25) is 0 Å². The highest BCUT2D eigenvalue weighted by molar-refractivity contribution is 6.93. The summed E-state index contributed by atoms with van der Waals surface area (Å²) < 4.78 is 0. The molecule has 5 aromatic rings. The second-order valence-electron chi connectivity index (χ2n) is 13.8. The van der Waals surface area contributed by atoms with Crippen LogP contribution >= 0.6 is 0 Å². The van der Waals surface area contributed by atoms with Crippen molar-refractivity contribution in [2.45, 2.75) is 58.3 Å². The summed E-state index contributed by atoms with van der Waals surface area (Å²) in [5.74, 6) is 0. The van der Waals surface area contributed by atoms with Gasteiger partial charge in [-0.15, -0.1) is 0 Å². The van der Waals surface area contributed by atoms with Crippen LogP contribution in [-0.4, -0.2) is 6.85 Å². The van der Waals surface area contributed by atoms with E-state index in [1.165, 1.54) is 80.0 Å². The fourth-order valence-electron chi connectivity index (χ4n) is 7.84. The lowest BCUT2D eigenvalue weighted by Gasteiger charge is -2.48. The van der Waals surface area contributed by atoms with Crippen LogP contribution in [0.4, 0.5) is 28.4 Å². The van der Waals surface area contributed by atoms with Gasteiger partial charge in [0.15, 0.2) is 0 Å². The van der Waals surface area contributed by atoms with Crippen LogP contribution in [0, 0.1) is 6.92 Å². The van der Waals surface area contributed by atoms with Gasteiger partial charge in [-0.2, -0.15) is 0 Å². The molecule has 0 fully saturated rings. The zero-order chi connectivity index (χ0) is 28.8. The van der Waals surface area contributed by atoms with Gasteiger partial charge in [0, 0.05) is 34.0 Å². The molecule has 0 spiro atoms. The molecule has 1 aliphatic carbocycles. The molecule has 3 heteroatoms. The summed E-state index contributed by atoms with van der Waals surface area (Å²) >= 11 is 0. The predicted octanol–water partition coefficient (Wildman–Crippen LogP) is 9.05. The van der Waals surface area contributed by atoms with Gasteiger partial charge in [0.1, 0.15) is 0 Å². The molecule has 0 bridgehead atoms. The normalized spacial score (nSPS) is 17.2. The Morgan fingerprint density at radius 3 is 1.86 bits per heavy atom. The topological polar surface area (TPSA) is 6.48 Å². The highest BCUT2D eigenvalue weighted by atomic mass is 15.2. The molecular weight excluding hydrogens is 507 g/mol. The van der Waals surface area contributed by atoms with Crippen molar-refractivity contribution in [3.63, 3.8) is 0 Å². The maximum atomic E-state index is 2.60. The van der Waals surface area contributed by atoms with Crippen molar-refractivity contribution in [1.29, 1.82) is 0 Å². The molecule has 2 aliphatic heterocycles. The van der Waals surface area contributed by atoms with E-state index in [4.69, 9.17) is 0 Å². The molecule has 0 radical (unpaired) electrons. The number of rotatable bonds is 2. The van der Waals surface area contributed by atoms with Crippen LogP contribution in [0.15, 0.2) is 109 Å². The van der Waals surface area contributed by atoms with Crippen molar-refractivity contribution in [1.82, 2.24) is 0 Å². The minimum atomic E-state index is 0.0639. The van der Waals surface area contributed by atoms with Crippen molar-refractivity contribution in [2.75, 3.05) is 9.71 Å². The first-order valence-corrected chi connectivity index (χ1v) is 15.4. The summed E-state index contributed by atoms with van der Waals surface area (Å²) in [5.41, 5.74) is 16.3. The fraction of sp³-hybridized carbons (Fsp3) is 0.231. The summed E-state index contributed by atoms with van der Waals surface area (Å²) in [4.78, 5) is 5.15. The van der Waals surface area contributed by atoms with Gasteiger partial charge in [0.05, 0.1) is 0 Å². The first-order valence-electron chi connectivity index (χ1n) is 15.4. The Labute approximate surface area is 250 Å². The summed E-state index contributed by atoms with van der Waals surface area (Å²) in [6.07, 6.45) is 2.40. The van der Waals surface area contributed by atoms with Crippen molar-refractivity contribution in [2.24, 2.45) is 0 Å². The van der Waals surface area contributed by atoms with E-state index in [1.54, 1.807) is 0 Å². The van der Waals surface area contributed by atoms with Crippen LogP contribution in [0.3, 0.4) is 0 Å². The lowest BCUT2D eigenvalue weighted by atomic mass is 9.42. The van der Waals surface area contributed by atoms with E-state index in [0.29, 0.717) is 0 Å². The fourth-order valence-corrected chi connectivity index (χ4v) is 7.84. The first kappa shape index (κ1) is 25.5. The molecule has 206 valence electrons. The van der Waals surface area contributed by atoms with Gasteiger partial charge in [0.2, 0.25) is 0 Å². The average molecular weight is 545 g/mol. The maximum Gasteiger partial charge on any atom is 0.333 e. The molecule has 0 aromatic heterocycles. The number of fused-ring (bicyclic) bond motifs is 5. The van der Waals surface area contributed by atoms with E-state index >= 15 is 0 Å². The standard InChI is InChI=1S/C39H37BN2/c1-26-22-30-29-18-12-13-19-34(29)42(28-16-10-7-11-17-28)40-33-24-31-32(39(4,5)21-20-38(31,2)3)25-35(33)41(36(23-26)37(30)40)27-14-8-6-9-15-27/h6-19,22-25H,20-21H2,1-5H3. The van der Waals surface area contributed by atoms with Crippen LogP contribution in [0.1, 0.15) is 57.2 Å². The van der Waals surface area contributed by atoms with Gasteiger partial charge >= 0.3 is 6.85 Å². The minimum absolute atomic E-state index is 0.0639. The molecule has 0 saturated carbocycles. The largest absolute Gasteiger partial charge is 0.376 e. The van der Waals surface area contributed by atoms with E-state index in [1.807, 2.05) is 0 Å². The second-order valence-corrected chi connectivity index (χ2v) is 13.8. The van der Waals surface area contributed by atoms with Crippen LogP contribution in [0.25, 0.3) is 11.1 Å². The number of aryl methyl sites for hydroxylation is 1. The molecule has 0 N–H and O–H groups in total. The van der Waals surface area contributed by atoms with Crippen molar-refractivity contribution >= 4 is 46.2 Å². The smallest absolute Gasteiger partial charge is 0.333 e. The van der Waals surface area contributed by atoms with Crippen molar-refractivity contribution < 1.29 is 0 Å². The molecule has 5 aromatic carbocycles. The Kier molecular flexibility index (Phi) is 5.39. The van der Waals surface area contributed by atoms with Crippen LogP contribution in [0.5, 0.6) is 0 Å². The summed E-state index contributed by atoms with van der Waals surface area (Å²) in [6, 6.07) is 40.9. The van der Waals surface area contributed by atoms with Gasteiger partial charge < -0.3 is 9.71 Å². The van der Waals surface area contributed by atoms with Gasteiger partial charge in [-0.25, -0.2) is 0 Å². The average Bonchev–Trinajstić information content (AvgIpc) is 3.00. The third-order valence-electron chi connectivity index (χ3n) is 10.1.